The molecule has 2 aromatic carbocycles. The van der Waals surface area contributed by atoms with Crippen molar-refractivity contribution in [3.63, 3.8) is 0 Å². The molecule has 2 nitrogen and oxygen atoms in total. The van der Waals surface area contributed by atoms with E-state index in [2.05, 4.69) is 64.6 Å². The van der Waals surface area contributed by atoms with E-state index in [9.17, 15) is 0 Å². The average Bonchev–Trinajstić information content (AvgIpc) is 2.85. The Hall–Kier alpha value is -1.48. The summed E-state index contributed by atoms with van der Waals surface area (Å²) in [5.41, 5.74) is 4.92. The highest BCUT2D eigenvalue weighted by Gasteiger charge is 2.17. The van der Waals surface area contributed by atoms with Crippen LogP contribution in [0.2, 0.25) is 0 Å². The van der Waals surface area contributed by atoms with Gasteiger partial charge in [-0.3, -0.25) is 0 Å². The van der Waals surface area contributed by atoms with Gasteiger partial charge >= 0.3 is 0 Å². The highest BCUT2D eigenvalue weighted by atomic mass is 79.9. The highest BCUT2D eigenvalue weighted by Crippen LogP contribution is 2.33. The molecule has 0 spiro atoms. The van der Waals surface area contributed by atoms with E-state index in [1.165, 1.54) is 16.7 Å². The molecule has 0 saturated carbocycles. The number of aryl methyl sites for hydroxylation is 1. The fraction of sp³-hybridized carbons (Fsp3) is 0.250. The van der Waals surface area contributed by atoms with Gasteiger partial charge in [-0.2, -0.15) is 0 Å². The molecule has 1 N–H and O–H groups in total. The second kappa shape index (κ2) is 5.25. The first-order valence-electron chi connectivity index (χ1n) is 6.47. The summed E-state index contributed by atoms with van der Waals surface area (Å²) < 4.78 is 6.85. The molecular weight excluding hydrogens is 302 g/mol. The molecule has 3 rings (SSSR count). The van der Waals surface area contributed by atoms with E-state index >= 15 is 0 Å². The molecule has 0 amide bonds. The molecule has 0 radical (unpaired) electrons. The van der Waals surface area contributed by atoms with Gasteiger partial charge in [0, 0.05) is 28.7 Å². The van der Waals surface area contributed by atoms with Crippen molar-refractivity contribution < 1.29 is 4.74 Å². The van der Waals surface area contributed by atoms with Gasteiger partial charge in [0.05, 0.1) is 6.61 Å². The Bertz CT molecular complexity index is 592. The van der Waals surface area contributed by atoms with Gasteiger partial charge in [-0.1, -0.05) is 33.6 Å². The number of benzene rings is 2. The van der Waals surface area contributed by atoms with Gasteiger partial charge in [-0.25, -0.2) is 0 Å². The summed E-state index contributed by atoms with van der Waals surface area (Å²) in [5.74, 6) is 1.06. The molecule has 19 heavy (non-hydrogen) atoms. The third-order valence-corrected chi connectivity index (χ3v) is 3.82. The molecule has 0 saturated heterocycles. The zero-order chi connectivity index (χ0) is 13.2. The van der Waals surface area contributed by atoms with E-state index < -0.39 is 0 Å². The summed E-state index contributed by atoms with van der Waals surface area (Å²) >= 11 is 3.57. The zero-order valence-electron chi connectivity index (χ0n) is 10.9. The van der Waals surface area contributed by atoms with Gasteiger partial charge in [0.2, 0.25) is 0 Å². The molecule has 0 unspecified atom stereocenters. The van der Waals surface area contributed by atoms with Gasteiger partial charge in [0.1, 0.15) is 5.75 Å². The highest BCUT2D eigenvalue weighted by molar-refractivity contribution is 9.10. The summed E-state index contributed by atoms with van der Waals surface area (Å²) in [5, 5.41) is 3.44. The number of hydrogen-bond donors (Lipinski definition) is 1. The first kappa shape index (κ1) is 12.5. The SMILES string of the molecule is Cc1ccc(NCc2cc(Br)cc3c2OCC3)cc1. The first-order chi connectivity index (χ1) is 9.22. The topological polar surface area (TPSA) is 21.3 Å². The van der Waals surface area contributed by atoms with Gasteiger partial charge in [-0.15, -0.1) is 0 Å². The van der Waals surface area contributed by atoms with Crippen LogP contribution in [0.15, 0.2) is 40.9 Å². The lowest BCUT2D eigenvalue weighted by atomic mass is 10.1. The summed E-state index contributed by atoms with van der Waals surface area (Å²) in [7, 11) is 0. The summed E-state index contributed by atoms with van der Waals surface area (Å²) in [6.45, 7) is 3.67. The normalized spacial score (nSPS) is 12.9. The summed E-state index contributed by atoms with van der Waals surface area (Å²) in [4.78, 5) is 0. The smallest absolute Gasteiger partial charge is 0.127 e. The standard InChI is InChI=1S/C16H16BrNO/c1-11-2-4-15(5-3-11)18-10-13-9-14(17)8-12-6-7-19-16(12)13/h2-5,8-9,18H,6-7,10H2,1H3. The lowest BCUT2D eigenvalue weighted by molar-refractivity contribution is 0.354. The maximum Gasteiger partial charge on any atom is 0.127 e. The largest absolute Gasteiger partial charge is 0.493 e. The third-order valence-electron chi connectivity index (χ3n) is 3.36. The van der Waals surface area contributed by atoms with E-state index in [1.807, 2.05) is 0 Å². The Labute approximate surface area is 121 Å². The van der Waals surface area contributed by atoms with Crippen LogP contribution in [-0.4, -0.2) is 6.61 Å². The lowest BCUT2D eigenvalue weighted by Crippen LogP contribution is -2.01. The molecule has 1 aliphatic rings. The van der Waals surface area contributed by atoms with Crippen molar-refractivity contribution in [2.75, 3.05) is 11.9 Å². The van der Waals surface area contributed by atoms with Gasteiger partial charge < -0.3 is 10.1 Å². The van der Waals surface area contributed by atoms with Crippen molar-refractivity contribution in [2.24, 2.45) is 0 Å². The zero-order valence-corrected chi connectivity index (χ0v) is 12.5. The molecule has 0 aromatic heterocycles. The molecule has 0 atom stereocenters. The maximum atomic E-state index is 5.73. The molecular formula is C16H16BrNO. The fourth-order valence-electron chi connectivity index (χ4n) is 2.35. The minimum absolute atomic E-state index is 0.783. The van der Waals surface area contributed by atoms with Crippen molar-refractivity contribution in [2.45, 2.75) is 19.9 Å². The molecule has 0 fully saturated rings. The van der Waals surface area contributed by atoms with Crippen molar-refractivity contribution in [1.82, 2.24) is 0 Å². The van der Waals surface area contributed by atoms with Crippen LogP contribution < -0.4 is 10.1 Å². The fourth-order valence-corrected chi connectivity index (χ4v) is 2.90. The molecule has 2 aromatic rings. The molecule has 3 heteroatoms. The molecule has 98 valence electrons. The average molecular weight is 318 g/mol. The predicted molar refractivity (Wildman–Crippen MR) is 81.8 cm³/mol. The predicted octanol–water partition coefficient (Wildman–Crippen LogP) is 4.30. The van der Waals surface area contributed by atoms with Crippen LogP contribution in [0, 0.1) is 6.92 Å². The maximum absolute atomic E-state index is 5.73. The Morgan fingerprint density at radius 3 is 2.79 bits per heavy atom. The quantitative estimate of drug-likeness (QED) is 0.911. The van der Waals surface area contributed by atoms with Crippen LogP contribution in [0.25, 0.3) is 0 Å². The van der Waals surface area contributed by atoms with Crippen LogP contribution >= 0.6 is 15.9 Å². The number of ether oxygens (including phenoxy) is 1. The van der Waals surface area contributed by atoms with Gasteiger partial charge in [0.15, 0.2) is 0 Å². The first-order valence-corrected chi connectivity index (χ1v) is 7.26. The Morgan fingerprint density at radius 1 is 1.21 bits per heavy atom. The Morgan fingerprint density at radius 2 is 2.00 bits per heavy atom. The van der Waals surface area contributed by atoms with Crippen molar-refractivity contribution >= 4 is 21.6 Å². The Balaban J connectivity index is 1.78. The van der Waals surface area contributed by atoms with E-state index in [0.29, 0.717) is 0 Å². The summed E-state index contributed by atoms with van der Waals surface area (Å²) in [6.07, 6.45) is 1.01. The van der Waals surface area contributed by atoms with Gasteiger partial charge in [-0.05, 0) is 36.8 Å². The van der Waals surface area contributed by atoms with Crippen molar-refractivity contribution in [3.8, 4) is 5.75 Å². The lowest BCUT2D eigenvalue weighted by Gasteiger charge is -2.11. The number of hydrogen-bond acceptors (Lipinski definition) is 2. The number of fused-ring (bicyclic) bond motifs is 1. The van der Waals surface area contributed by atoms with E-state index in [4.69, 9.17) is 4.74 Å². The van der Waals surface area contributed by atoms with Crippen LogP contribution in [0.5, 0.6) is 5.75 Å². The molecule has 1 heterocycles. The number of rotatable bonds is 3. The van der Waals surface area contributed by atoms with Crippen LogP contribution in [0.3, 0.4) is 0 Å². The molecule has 0 bridgehead atoms. The second-order valence-corrected chi connectivity index (χ2v) is 5.79. The van der Waals surface area contributed by atoms with Crippen LogP contribution in [-0.2, 0) is 13.0 Å². The molecule has 1 aliphatic heterocycles. The monoisotopic (exact) mass is 317 g/mol. The Kier molecular flexibility index (Phi) is 3.47. The minimum atomic E-state index is 0.783. The number of nitrogens with one attached hydrogen (secondary N) is 1. The number of halogens is 1. The third kappa shape index (κ3) is 2.76. The number of anilines is 1. The van der Waals surface area contributed by atoms with E-state index in [0.717, 1.165) is 35.5 Å². The van der Waals surface area contributed by atoms with Crippen molar-refractivity contribution in [1.29, 1.82) is 0 Å². The van der Waals surface area contributed by atoms with Crippen molar-refractivity contribution in [3.05, 3.63) is 57.6 Å². The second-order valence-electron chi connectivity index (χ2n) is 4.87. The van der Waals surface area contributed by atoms with E-state index in [-0.39, 0.29) is 0 Å². The minimum Gasteiger partial charge on any atom is -0.493 e. The summed E-state index contributed by atoms with van der Waals surface area (Å²) in [6, 6.07) is 12.7. The molecule has 0 aliphatic carbocycles. The van der Waals surface area contributed by atoms with E-state index in [1.54, 1.807) is 0 Å². The van der Waals surface area contributed by atoms with Crippen LogP contribution in [0.1, 0.15) is 16.7 Å². The van der Waals surface area contributed by atoms with Gasteiger partial charge in [0.25, 0.3) is 0 Å². The van der Waals surface area contributed by atoms with Crippen LogP contribution in [0.4, 0.5) is 5.69 Å².